The molecule has 1 aromatic rings. The molecule has 13 nitrogen and oxygen atoms in total. The SMILES string of the molecule is CC(C)CC(NC(=O)C(NC(=O)C(CCCN=C(N)N)NC(=O)C(N)Cc1ccc(O)cc1)C(C)C)C(=O)O. The van der Waals surface area contributed by atoms with Gasteiger partial charge >= 0.3 is 5.97 Å². The molecule has 4 atom stereocenters. The number of phenols is 1. The van der Waals surface area contributed by atoms with Crippen molar-refractivity contribution >= 4 is 29.7 Å². The van der Waals surface area contributed by atoms with Gasteiger partial charge in [0.1, 0.15) is 23.9 Å². The third-order valence-electron chi connectivity index (χ3n) is 5.88. The lowest BCUT2D eigenvalue weighted by molar-refractivity contribution is -0.143. The largest absolute Gasteiger partial charge is 0.508 e. The number of carbonyl (C=O) groups is 4. The molecule has 0 saturated heterocycles. The fourth-order valence-electron chi connectivity index (χ4n) is 3.77. The van der Waals surface area contributed by atoms with Gasteiger partial charge in [0, 0.05) is 6.54 Å². The van der Waals surface area contributed by atoms with Gasteiger partial charge in [-0.3, -0.25) is 19.4 Å². The Bertz CT molecular complexity index is 993. The Morgan fingerprint density at radius 2 is 1.49 bits per heavy atom. The van der Waals surface area contributed by atoms with E-state index in [4.69, 9.17) is 17.2 Å². The summed E-state index contributed by atoms with van der Waals surface area (Å²) in [6.07, 6.45) is 0.884. The molecule has 0 heterocycles. The summed E-state index contributed by atoms with van der Waals surface area (Å²) in [4.78, 5) is 54.6. The monoisotopic (exact) mass is 549 g/mol. The van der Waals surface area contributed by atoms with Crippen molar-refractivity contribution in [3.8, 4) is 5.75 Å². The van der Waals surface area contributed by atoms with Crippen LogP contribution in [-0.4, -0.2) is 70.6 Å². The predicted molar refractivity (Wildman–Crippen MR) is 147 cm³/mol. The molecule has 1 rings (SSSR count). The first-order valence-corrected chi connectivity index (χ1v) is 12.9. The minimum atomic E-state index is -1.17. The fourth-order valence-corrected chi connectivity index (χ4v) is 3.77. The van der Waals surface area contributed by atoms with E-state index in [-0.39, 0.29) is 49.4 Å². The van der Waals surface area contributed by atoms with Crippen LogP contribution in [0, 0.1) is 11.8 Å². The summed E-state index contributed by atoms with van der Waals surface area (Å²) < 4.78 is 0. The van der Waals surface area contributed by atoms with Gasteiger partial charge in [-0.15, -0.1) is 0 Å². The summed E-state index contributed by atoms with van der Waals surface area (Å²) in [6.45, 7) is 7.31. The van der Waals surface area contributed by atoms with E-state index < -0.39 is 47.9 Å². The highest BCUT2D eigenvalue weighted by atomic mass is 16.4. The molecule has 13 heteroatoms. The Labute approximate surface area is 229 Å². The van der Waals surface area contributed by atoms with Crippen molar-refractivity contribution in [2.24, 2.45) is 34.0 Å². The number of hydrogen-bond acceptors (Lipinski definition) is 7. The molecule has 0 radical (unpaired) electrons. The second-order valence-electron chi connectivity index (χ2n) is 10.2. The number of benzene rings is 1. The Hall–Kier alpha value is -3.87. The Morgan fingerprint density at radius 3 is 2.00 bits per heavy atom. The standard InChI is InChI=1S/C26H43N7O6/c1-14(2)12-20(25(38)39)32-24(37)21(15(3)4)33-23(36)19(6-5-11-30-26(28)29)31-22(35)18(27)13-16-7-9-17(34)10-8-16/h7-10,14-15,18-21,34H,5-6,11-13,27H2,1-4H3,(H,31,35)(H,32,37)(H,33,36)(H,38,39)(H4,28,29,30). The van der Waals surface area contributed by atoms with E-state index >= 15 is 0 Å². The fraction of sp³-hybridized carbons (Fsp3) is 0.577. The molecule has 39 heavy (non-hydrogen) atoms. The number of carbonyl (C=O) groups excluding carboxylic acids is 3. The zero-order valence-corrected chi connectivity index (χ0v) is 23.0. The number of nitrogens with zero attached hydrogens (tertiary/aromatic N) is 1. The topological polar surface area (TPSA) is 235 Å². The van der Waals surface area contributed by atoms with Crippen LogP contribution in [0.5, 0.6) is 5.75 Å². The normalized spacial score (nSPS) is 14.1. The van der Waals surface area contributed by atoms with Crippen LogP contribution in [0.2, 0.25) is 0 Å². The maximum atomic E-state index is 13.3. The van der Waals surface area contributed by atoms with Crippen LogP contribution in [-0.2, 0) is 25.6 Å². The van der Waals surface area contributed by atoms with E-state index in [1.807, 2.05) is 13.8 Å². The molecular weight excluding hydrogens is 506 g/mol. The van der Waals surface area contributed by atoms with Crippen molar-refractivity contribution < 1.29 is 29.4 Å². The molecule has 0 fully saturated rings. The number of aromatic hydroxyl groups is 1. The molecule has 218 valence electrons. The number of nitrogens with one attached hydrogen (secondary N) is 3. The summed E-state index contributed by atoms with van der Waals surface area (Å²) in [5.74, 6) is -3.41. The quantitative estimate of drug-likeness (QED) is 0.0756. The molecule has 1 aromatic carbocycles. The zero-order chi connectivity index (χ0) is 29.7. The highest BCUT2D eigenvalue weighted by molar-refractivity contribution is 5.94. The van der Waals surface area contributed by atoms with Crippen molar-refractivity contribution in [2.75, 3.05) is 6.54 Å². The van der Waals surface area contributed by atoms with Crippen molar-refractivity contribution in [3.05, 3.63) is 29.8 Å². The first-order chi connectivity index (χ1) is 18.2. The summed E-state index contributed by atoms with van der Waals surface area (Å²) in [7, 11) is 0. The van der Waals surface area contributed by atoms with E-state index in [0.717, 1.165) is 5.56 Å². The van der Waals surface area contributed by atoms with Crippen LogP contribution < -0.4 is 33.2 Å². The zero-order valence-electron chi connectivity index (χ0n) is 23.0. The van der Waals surface area contributed by atoms with Crippen LogP contribution in [0.25, 0.3) is 0 Å². The van der Waals surface area contributed by atoms with Gasteiger partial charge in [-0.2, -0.15) is 0 Å². The van der Waals surface area contributed by atoms with E-state index in [0.29, 0.717) is 6.42 Å². The molecule has 0 spiro atoms. The van der Waals surface area contributed by atoms with Crippen molar-refractivity contribution in [3.63, 3.8) is 0 Å². The number of guanidine groups is 1. The van der Waals surface area contributed by atoms with Gasteiger partial charge in [0.25, 0.3) is 0 Å². The Balaban J connectivity index is 3.00. The summed E-state index contributed by atoms with van der Waals surface area (Å²) >= 11 is 0. The molecule has 3 amide bonds. The van der Waals surface area contributed by atoms with E-state index in [9.17, 15) is 29.4 Å². The molecule has 0 bridgehead atoms. The summed E-state index contributed by atoms with van der Waals surface area (Å²) in [5, 5.41) is 26.7. The first kappa shape index (κ1) is 33.2. The van der Waals surface area contributed by atoms with Crippen LogP contribution in [0.3, 0.4) is 0 Å². The summed E-state index contributed by atoms with van der Waals surface area (Å²) in [6, 6.07) is 2.03. The predicted octanol–water partition coefficient (Wildman–Crippen LogP) is -0.443. The number of aliphatic carboxylic acids is 1. The molecule has 0 saturated carbocycles. The lowest BCUT2D eigenvalue weighted by Gasteiger charge is -2.27. The average molecular weight is 550 g/mol. The smallest absolute Gasteiger partial charge is 0.326 e. The lowest BCUT2D eigenvalue weighted by atomic mass is 9.99. The lowest BCUT2D eigenvalue weighted by Crippen LogP contribution is -2.58. The number of carboxylic acid groups (broad SMARTS) is 1. The first-order valence-electron chi connectivity index (χ1n) is 12.9. The van der Waals surface area contributed by atoms with Crippen molar-refractivity contribution in [1.82, 2.24) is 16.0 Å². The molecular formula is C26H43N7O6. The second-order valence-corrected chi connectivity index (χ2v) is 10.2. The van der Waals surface area contributed by atoms with Gasteiger partial charge in [-0.05, 0) is 55.2 Å². The minimum Gasteiger partial charge on any atom is -0.508 e. The van der Waals surface area contributed by atoms with Crippen LogP contribution in [0.4, 0.5) is 0 Å². The third kappa shape index (κ3) is 12.5. The molecule has 4 unspecified atom stereocenters. The van der Waals surface area contributed by atoms with Gasteiger partial charge in [0.15, 0.2) is 5.96 Å². The summed E-state index contributed by atoms with van der Waals surface area (Å²) in [5.41, 5.74) is 17.5. The van der Waals surface area contributed by atoms with Gasteiger partial charge in [-0.1, -0.05) is 39.8 Å². The maximum absolute atomic E-state index is 13.3. The number of hydrogen-bond donors (Lipinski definition) is 8. The Morgan fingerprint density at radius 1 is 0.897 bits per heavy atom. The second kappa shape index (κ2) is 16.2. The van der Waals surface area contributed by atoms with Crippen molar-refractivity contribution in [2.45, 2.75) is 77.5 Å². The van der Waals surface area contributed by atoms with Crippen LogP contribution >= 0.6 is 0 Å². The molecule has 0 aromatic heterocycles. The third-order valence-corrected chi connectivity index (χ3v) is 5.88. The highest BCUT2D eigenvalue weighted by Gasteiger charge is 2.32. The number of rotatable bonds is 16. The minimum absolute atomic E-state index is 0.0223. The van der Waals surface area contributed by atoms with E-state index in [2.05, 4.69) is 20.9 Å². The van der Waals surface area contributed by atoms with Gasteiger partial charge in [-0.25, -0.2) is 4.79 Å². The highest BCUT2D eigenvalue weighted by Crippen LogP contribution is 2.12. The van der Waals surface area contributed by atoms with Gasteiger partial charge in [0.05, 0.1) is 6.04 Å². The van der Waals surface area contributed by atoms with Crippen LogP contribution in [0.1, 0.15) is 52.5 Å². The number of phenolic OH excluding ortho intramolecular Hbond substituents is 1. The van der Waals surface area contributed by atoms with E-state index in [1.54, 1.807) is 26.0 Å². The number of amides is 3. The number of aliphatic imine (C=N–C) groups is 1. The van der Waals surface area contributed by atoms with Gasteiger partial charge < -0.3 is 43.4 Å². The molecule has 0 aliphatic heterocycles. The molecule has 0 aliphatic carbocycles. The maximum Gasteiger partial charge on any atom is 0.326 e. The van der Waals surface area contributed by atoms with Crippen molar-refractivity contribution in [1.29, 1.82) is 0 Å². The number of carboxylic acids is 1. The molecule has 11 N–H and O–H groups in total. The van der Waals surface area contributed by atoms with Crippen LogP contribution in [0.15, 0.2) is 29.3 Å². The van der Waals surface area contributed by atoms with Gasteiger partial charge in [0.2, 0.25) is 17.7 Å². The average Bonchev–Trinajstić information content (AvgIpc) is 2.84. The molecule has 0 aliphatic rings. The Kier molecular flexibility index (Phi) is 13.7. The number of nitrogens with two attached hydrogens (primary N) is 3. The van der Waals surface area contributed by atoms with E-state index in [1.165, 1.54) is 12.1 Å².